The minimum atomic E-state index is -0.337. The lowest BCUT2D eigenvalue weighted by atomic mass is 10.0. The molecule has 7 heteroatoms. The number of hydrogen-bond donors (Lipinski definition) is 1. The van der Waals surface area contributed by atoms with Crippen LogP contribution in [0, 0.1) is 12.8 Å². The topological polar surface area (TPSA) is 86.8 Å². The first kappa shape index (κ1) is 22.7. The molecule has 7 nitrogen and oxygen atoms in total. The first-order valence-corrected chi connectivity index (χ1v) is 11.4. The first-order chi connectivity index (χ1) is 15.7. The van der Waals surface area contributed by atoms with Crippen molar-refractivity contribution in [2.45, 2.75) is 39.7 Å². The molecule has 0 aromatic heterocycles. The van der Waals surface area contributed by atoms with E-state index in [2.05, 4.69) is 5.32 Å². The summed E-state index contributed by atoms with van der Waals surface area (Å²) in [5, 5.41) is 3.05. The van der Waals surface area contributed by atoms with Gasteiger partial charge in [-0.2, -0.15) is 0 Å². The van der Waals surface area contributed by atoms with Gasteiger partial charge in [-0.05, 0) is 56.0 Å². The molecule has 0 radical (unpaired) electrons. The van der Waals surface area contributed by atoms with Crippen LogP contribution in [-0.2, 0) is 0 Å². The number of nitrogens with one attached hydrogen (secondary N) is 1. The zero-order valence-electron chi connectivity index (χ0n) is 19.3. The van der Waals surface area contributed by atoms with Gasteiger partial charge in [-0.25, -0.2) is 0 Å². The maximum atomic E-state index is 13.1. The Balaban J connectivity index is 1.37. The predicted octanol–water partition coefficient (Wildman–Crippen LogP) is 3.28. The molecule has 1 fully saturated rings. The molecule has 0 aliphatic carbocycles. The summed E-state index contributed by atoms with van der Waals surface area (Å²) < 4.78 is 0. The highest BCUT2D eigenvalue weighted by Crippen LogP contribution is 2.26. The Labute approximate surface area is 193 Å². The normalized spacial score (nSPS) is 16.4. The van der Waals surface area contributed by atoms with E-state index in [9.17, 15) is 19.2 Å². The average Bonchev–Trinajstić information content (AvgIpc) is 3.03. The van der Waals surface area contributed by atoms with Crippen molar-refractivity contribution in [2.75, 3.05) is 19.6 Å². The number of carbonyl (C=O) groups excluding carboxylic acids is 4. The highest BCUT2D eigenvalue weighted by Gasteiger charge is 2.36. The molecule has 33 heavy (non-hydrogen) atoms. The van der Waals surface area contributed by atoms with Crippen LogP contribution in [0.1, 0.15) is 73.7 Å². The molecule has 0 atom stereocenters. The van der Waals surface area contributed by atoms with Crippen molar-refractivity contribution in [1.82, 2.24) is 15.1 Å². The van der Waals surface area contributed by atoms with Crippen molar-refractivity contribution in [3.05, 3.63) is 70.3 Å². The lowest BCUT2D eigenvalue weighted by Gasteiger charge is -2.32. The molecular weight excluding hydrogens is 418 g/mol. The van der Waals surface area contributed by atoms with Gasteiger partial charge in [0.15, 0.2) is 0 Å². The fourth-order valence-corrected chi connectivity index (χ4v) is 4.34. The number of likely N-dealkylation sites (tertiary alicyclic amines) is 1. The Morgan fingerprint density at radius 1 is 0.939 bits per heavy atom. The number of amides is 4. The van der Waals surface area contributed by atoms with Gasteiger partial charge in [-0.15, -0.1) is 0 Å². The maximum absolute atomic E-state index is 13.1. The van der Waals surface area contributed by atoms with Crippen molar-refractivity contribution in [2.24, 2.45) is 5.92 Å². The number of imide groups is 1. The Bertz CT molecular complexity index is 1100. The molecule has 0 bridgehead atoms. The molecule has 2 aromatic carbocycles. The van der Waals surface area contributed by atoms with Crippen LogP contribution in [0.25, 0.3) is 0 Å². The van der Waals surface area contributed by atoms with Gasteiger partial charge < -0.3 is 10.2 Å². The highest BCUT2D eigenvalue weighted by molar-refractivity contribution is 6.22. The summed E-state index contributed by atoms with van der Waals surface area (Å²) in [4.78, 5) is 53.8. The standard InChI is InChI=1S/C26H29N3O4/c1-16(2)15-29-25(32)21-9-8-19(14-22(21)26(29)33)24(31)28-12-10-20(11-13-28)27-23(30)18-6-4-17(3)5-7-18/h4-9,14,16,20H,10-13,15H2,1-3H3,(H,27,30). The Hall–Kier alpha value is -3.48. The predicted molar refractivity (Wildman–Crippen MR) is 124 cm³/mol. The van der Waals surface area contributed by atoms with Crippen LogP contribution in [0.2, 0.25) is 0 Å². The van der Waals surface area contributed by atoms with Crippen LogP contribution in [0.4, 0.5) is 0 Å². The van der Waals surface area contributed by atoms with Crippen LogP contribution in [0.5, 0.6) is 0 Å². The lowest BCUT2D eigenvalue weighted by molar-refractivity contribution is 0.0634. The van der Waals surface area contributed by atoms with Gasteiger partial charge in [-0.1, -0.05) is 31.5 Å². The number of benzene rings is 2. The van der Waals surface area contributed by atoms with Crippen molar-refractivity contribution in [3.8, 4) is 0 Å². The lowest BCUT2D eigenvalue weighted by Crippen LogP contribution is -2.46. The van der Waals surface area contributed by atoms with Crippen molar-refractivity contribution < 1.29 is 19.2 Å². The SMILES string of the molecule is Cc1ccc(C(=O)NC2CCN(C(=O)c3ccc4c(c3)C(=O)N(CC(C)C)C4=O)CC2)cc1. The summed E-state index contributed by atoms with van der Waals surface area (Å²) in [6.45, 7) is 7.27. The van der Waals surface area contributed by atoms with Crippen LogP contribution in [0.3, 0.4) is 0 Å². The molecule has 2 aliphatic rings. The molecule has 4 amide bonds. The minimum absolute atomic E-state index is 0.00617. The summed E-state index contributed by atoms with van der Waals surface area (Å²) in [6.07, 6.45) is 1.32. The smallest absolute Gasteiger partial charge is 0.261 e. The van der Waals surface area contributed by atoms with E-state index >= 15 is 0 Å². The van der Waals surface area contributed by atoms with Crippen molar-refractivity contribution in [3.63, 3.8) is 0 Å². The van der Waals surface area contributed by atoms with E-state index < -0.39 is 0 Å². The van der Waals surface area contributed by atoms with Gasteiger partial charge >= 0.3 is 0 Å². The molecular formula is C26H29N3O4. The van der Waals surface area contributed by atoms with Crippen LogP contribution < -0.4 is 5.32 Å². The second-order valence-electron chi connectivity index (χ2n) is 9.28. The zero-order valence-corrected chi connectivity index (χ0v) is 19.3. The largest absolute Gasteiger partial charge is 0.349 e. The molecule has 4 rings (SSSR count). The fourth-order valence-electron chi connectivity index (χ4n) is 4.34. The average molecular weight is 448 g/mol. The third kappa shape index (κ3) is 4.67. The number of carbonyl (C=O) groups is 4. The maximum Gasteiger partial charge on any atom is 0.261 e. The van der Waals surface area contributed by atoms with Gasteiger partial charge in [0, 0.05) is 36.8 Å². The molecule has 172 valence electrons. The van der Waals surface area contributed by atoms with E-state index in [-0.39, 0.29) is 35.6 Å². The third-order valence-electron chi connectivity index (χ3n) is 6.20. The molecule has 2 heterocycles. The molecule has 1 N–H and O–H groups in total. The molecule has 0 unspecified atom stereocenters. The second-order valence-corrected chi connectivity index (χ2v) is 9.28. The fraction of sp³-hybridized carbons (Fsp3) is 0.385. The third-order valence-corrected chi connectivity index (χ3v) is 6.20. The van der Waals surface area contributed by atoms with Crippen molar-refractivity contribution in [1.29, 1.82) is 0 Å². The monoisotopic (exact) mass is 447 g/mol. The molecule has 1 saturated heterocycles. The van der Waals surface area contributed by atoms with Crippen molar-refractivity contribution >= 4 is 23.6 Å². The number of rotatable bonds is 5. The molecule has 2 aromatic rings. The van der Waals surface area contributed by atoms with Gasteiger partial charge in [-0.3, -0.25) is 24.1 Å². The van der Waals surface area contributed by atoms with E-state index in [1.54, 1.807) is 23.1 Å². The number of piperidine rings is 1. The summed E-state index contributed by atoms with van der Waals surface area (Å²) in [5.74, 6) is -0.735. The van der Waals surface area contributed by atoms with E-state index in [0.29, 0.717) is 54.7 Å². The number of aryl methyl sites for hydroxylation is 1. The summed E-state index contributed by atoms with van der Waals surface area (Å²) in [5.41, 5.74) is 2.79. The molecule has 0 saturated carbocycles. The summed E-state index contributed by atoms with van der Waals surface area (Å²) in [6, 6.07) is 12.2. The minimum Gasteiger partial charge on any atom is -0.349 e. The van der Waals surface area contributed by atoms with E-state index in [1.165, 1.54) is 4.90 Å². The quantitative estimate of drug-likeness (QED) is 0.713. The van der Waals surface area contributed by atoms with Crippen LogP contribution >= 0.6 is 0 Å². The van der Waals surface area contributed by atoms with Gasteiger partial charge in [0.05, 0.1) is 11.1 Å². The number of nitrogens with zero attached hydrogens (tertiary/aromatic N) is 2. The number of hydrogen-bond acceptors (Lipinski definition) is 4. The van der Waals surface area contributed by atoms with Crippen LogP contribution in [0.15, 0.2) is 42.5 Å². The number of fused-ring (bicyclic) bond motifs is 1. The summed E-state index contributed by atoms with van der Waals surface area (Å²) >= 11 is 0. The van der Waals surface area contributed by atoms with E-state index in [1.807, 2.05) is 45.0 Å². The van der Waals surface area contributed by atoms with Crippen LogP contribution in [-0.4, -0.2) is 59.1 Å². The Kier molecular flexibility index (Phi) is 6.31. The van der Waals surface area contributed by atoms with Gasteiger partial charge in [0.2, 0.25) is 0 Å². The van der Waals surface area contributed by atoms with Gasteiger partial charge in [0.25, 0.3) is 23.6 Å². The second kappa shape index (κ2) is 9.17. The summed E-state index contributed by atoms with van der Waals surface area (Å²) in [7, 11) is 0. The zero-order chi connectivity index (χ0) is 23.7. The Morgan fingerprint density at radius 2 is 1.55 bits per heavy atom. The highest BCUT2D eigenvalue weighted by atomic mass is 16.2. The van der Waals surface area contributed by atoms with Gasteiger partial charge in [0.1, 0.15) is 0 Å². The molecule has 0 spiro atoms. The Morgan fingerprint density at radius 3 is 2.18 bits per heavy atom. The van der Waals surface area contributed by atoms with E-state index in [0.717, 1.165) is 5.56 Å². The molecule has 2 aliphatic heterocycles. The van der Waals surface area contributed by atoms with E-state index in [4.69, 9.17) is 0 Å². The first-order valence-electron chi connectivity index (χ1n) is 11.4.